The highest BCUT2D eigenvalue weighted by Gasteiger charge is 2.06. The second kappa shape index (κ2) is 5.23. The topological polar surface area (TPSA) is 61.8 Å². The molecule has 0 spiro atoms. The van der Waals surface area contributed by atoms with Crippen molar-refractivity contribution in [1.82, 2.24) is 0 Å². The number of hydrogen-bond donors (Lipinski definition) is 1. The molecular formula is C11H15FNO2S+. The summed E-state index contributed by atoms with van der Waals surface area (Å²) in [6, 6.07) is 6.44. The van der Waals surface area contributed by atoms with Crippen molar-refractivity contribution < 1.29 is 18.5 Å². The molecule has 88 valence electrons. The van der Waals surface area contributed by atoms with Gasteiger partial charge in [0.1, 0.15) is 0 Å². The van der Waals surface area contributed by atoms with Crippen molar-refractivity contribution in [3.05, 3.63) is 41.7 Å². The first-order valence-electron chi connectivity index (χ1n) is 4.83. The van der Waals surface area contributed by atoms with Crippen molar-refractivity contribution >= 4 is 9.84 Å². The summed E-state index contributed by atoms with van der Waals surface area (Å²) in [4.78, 5) is 0.275. The lowest BCUT2D eigenvalue weighted by molar-refractivity contribution is -0.356. The summed E-state index contributed by atoms with van der Waals surface area (Å²) in [5, 5.41) is 0. The quantitative estimate of drug-likeness (QED) is 0.848. The number of quaternary nitrogens is 1. The van der Waals surface area contributed by atoms with E-state index in [-0.39, 0.29) is 4.90 Å². The standard InChI is InChI=1S/C11H14FNO2S/c1-16(14,15)11-4-2-9(3-5-11)6-10(7-12)8-13/h2-5,7H,6,8,13H2,1H3/p+1/b10-7-. The van der Waals surface area contributed by atoms with Gasteiger partial charge < -0.3 is 5.73 Å². The van der Waals surface area contributed by atoms with E-state index in [2.05, 4.69) is 5.73 Å². The normalized spacial score (nSPS) is 12.8. The maximum Gasteiger partial charge on any atom is 0.175 e. The molecule has 0 unspecified atom stereocenters. The molecule has 0 fully saturated rings. The van der Waals surface area contributed by atoms with E-state index in [0.29, 0.717) is 24.9 Å². The summed E-state index contributed by atoms with van der Waals surface area (Å²) in [6.07, 6.45) is 2.17. The summed E-state index contributed by atoms with van der Waals surface area (Å²) >= 11 is 0. The van der Waals surface area contributed by atoms with Crippen molar-refractivity contribution in [3.8, 4) is 0 Å². The van der Waals surface area contributed by atoms with Crippen LogP contribution in [0.3, 0.4) is 0 Å². The molecule has 0 aromatic heterocycles. The minimum atomic E-state index is -3.16. The lowest BCUT2D eigenvalue weighted by Gasteiger charge is -2.03. The lowest BCUT2D eigenvalue weighted by atomic mass is 10.1. The zero-order chi connectivity index (χ0) is 12.2. The second-order valence-electron chi connectivity index (χ2n) is 3.61. The van der Waals surface area contributed by atoms with Crippen molar-refractivity contribution in [2.75, 3.05) is 12.8 Å². The summed E-state index contributed by atoms with van der Waals surface area (Å²) in [5.74, 6) is 0. The third-order valence-corrected chi connectivity index (χ3v) is 3.39. The average Bonchev–Trinajstić information content (AvgIpc) is 2.25. The molecule has 3 N–H and O–H groups in total. The Morgan fingerprint density at radius 1 is 1.38 bits per heavy atom. The van der Waals surface area contributed by atoms with E-state index in [9.17, 15) is 12.8 Å². The van der Waals surface area contributed by atoms with Crippen LogP contribution in [0.2, 0.25) is 0 Å². The van der Waals surface area contributed by atoms with Crippen LogP contribution < -0.4 is 5.73 Å². The van der Waals surface area contributed by atoms with Crippen LogP contribution in [-0.2, 0) is 16.3 Å². The van der Waals surface area contributed by atoms with Gasteiger partial charge in [-0.1, -0.05) is 12.1 Å². The van der Waals surface area contributed by atoms with Gasteiger partial charge in [-0.3, -0.25) is 0 Å². The van der Waals surface area contributed by atoms with E-state index in [1.165, 1.54) is 12.1 Å². The number of halogens is 1. The van der Waals surface area contributed by atoms with Crippen LogP contribution in [0.4, 0.5) is 4.39 Å². The van der Waals surface area contributed by atoms with Gasteiger partial charge in [-0.2, -0.15) is 0 Å². The van der Waals surface area contributed by atoms with Crippen LogP contribution >= 0.6 is 0 Å². The Hall–Kier alpha value is -1.20. The highest BCUT2D eigenvalue weighted by Crippen LogP contribution is 2.13. The Morgan fingerprint density at radius 3 is 2.31 bits per heavy atom. The maximum atomic E-state index is 12.3. The SMILES string of the molecule is CS(=O)(=O)c1ccc(C/C(=C/F)C[NH3+])cc1. The first kappa shape index (κ1) is 12.9. The van der Waals surface area contributed by atoms with Crippen LogP contribution in [0.1, 0.15) is 5.56 Å². The van der Waals surface area contributed by atoms with E-state index in [1.807, 2.05) is 0 Å². The molecule has 0 amide bonds. The minimum Gasteiger partial charge on any atom is -0.354 e. The molecule has 0 heterocycles. The molecule has 1 aromatic carbocycles. The third-order valence-electron chi connectivity index (χ3n) is 2.26. The van der Waals surface area contributed by atoms with E-state index in [1.54, 1.807) is 12.1 Å². The van der Waals surface area contributed by atoms with E-state index < -0.39 is 9.84 Å². The molecule has 0 aliphatic heterocycles. The highest BCUT2D eigenvalue weighted by molar-refractivity contribution is 7.90. The molecule has 0 saturated carbocycles. The minimum absolute atomic E-state index is 0.275. The Kier molecular flexibility index (Phi) is 4.20. The molecule has 5 heteroatoms. The fourth-order valence-corrected chi connectivity index (χ4v) is 1.93. The van der Waals surface area contributed by atoms with Crippen molar-refractivity contribution in [1.29, 1.82) is 0 Å². The van der Waals surface area contributed by atoms with Gasteiger partial charge in [0.2, 0.25) is 0 Å². The molecule has 1 rings (SSSR count). The van der Waals surface area contributed by atoms with Crippen LogP contribution in [0, 0.1) is 0 Å². The van der Waals surface area contributed by atoms with Gasteiger partial charge in [-0.25, -0.2) is 12.8 Å². The van der Waals surface area contributed by atoms with Gasteiger partial charge in [0.15, 0.2) is 9.84 Å². The lowest BCUT2D eigenvalue weighted by Crippen LogP contribution is -2.51. The Bertz CT molecular complexity index is 477. The molecule has 3 nitrogen and oxygen atoms in total. The molecule has 0 bridgehead atoms. The second-order valence-corrected chi connectivity index (χ2v) is 5.63. The van der Waals surface area contributed by atoms with Crippen LogP contribution in [0.25, 0.3) is 0 Å². The molecular weight excluding hydrogens is 229 g/mol. The number of sulfone groups is 1. The highest BCUT2D eigenvalue weighted by atomic mass is 32.2. The first-order chi connectivity index (χ1) is 7.47. The predicted molar refractivity (Wildman–Crippen MR) is 60.2 cm³/mol. The summed E-state index contributed by atoms with van der Waals surface area (Å²) < 4.78 is 34.7. The molecule has 1 aromatic rings. The monoisotopic (exact) mass is 244 g/mol. The fraction of sp³-hybridized carbons (Fsp3) is 0.273. The third kappa shape index (κ3) is 3.43. The van der Waals surface area contributed by atoms with Gasteiger partial charge in [0.25, 0.3) is 0 Å². The predicted octanol–water partition coefficient (Wildman–Crippen LogP) is 0.728. The largest absolute Gasteiger partial charge is 0.354 e. The van der Waals surface area contributed by atoms with E-state index >= 15 is 0 Å². The zero-order valence-corrected chi connectivity index (χ0v) is 9.93. The van der Waals surface area contributed by atoms with Crippen molar-refractivity contribution in [2.24, 2.45) is 0 Å². The molecule has 0 atom stereocenters. The zero-order valence-electron chi connectivity index (χ0n) is 9.11. The summed E-state index contributed by atoms with van der Waals surface area (Å²) in [6.45, 7) is 0.407. The number of hydrogen-bond acceptors (Lipinski definition) is 2. The van der Waals surface area contributed by atoms with Crippen LogP contribution in [0.5, 0.6) is 0 Å². The van der Waals surface area contributed by atoms with E-state index in [4.69, 9.17) is 0 Å². The van der Waals surface area contributed by atoms with Gasteiger partial charge in [-0.05, 0) is 17.7 Å². The van der Waals surface area contributed by atoms with Gasteiger partial charge >= 0.3 is 0 Å². The van der Waals surface area contributed by atoms with Crippen molar-refractivity contribution in [2.45, 2.75) is 11.3 Å². The maximum absolute atomic E-state index is 12.3. The average molecular weight is 244 g/mol. The van der Waals surface area contributed by atoms with E-state index in [0.717, 1.165) is 11.8 Å². The Balaban J connectivity index is 2.88. The molecule has 0 radical (unpaired) electrons. The number of benzene rings is 1. The number of rotatable bonds is 4. The van der Waals surface area contributed by atoms with Crippen molar-refractivity contribution in [3.63, 3.8) is 0 Å². The first-order valence-corrected chi connectivity index (χ1v) is 6.73. The smallest absolute Gasteiger partial charge is 0.175 e. The Labute approximate surface area is 94.7 Å². The molecule has 0 saturated heterocycles. The summed E-state index contributed by atoms with van der Waals surface area (Å²) in [5.41, 5.74) is 5.07. The van der Waals surface area contributed by atoms with Gasteiger partial charge in [0, 0.05) is 18.2 Å². The Morgan fingerprint density at radius 2 is 1.94 bits per heavy atom. The molecule has 0 aliphatic rings. The van der Waals surface area contributed by atoms with Crippen LogP contribution in [0.15, 0.2) is 41.1 Å². The molecule has 16 heavy (non-hydrogen) atoms. The summed E-state index contributed by atoms with van der Waals surface area (Å²) in [7, 11) is -3.16. The van der Waals surface area contributed by atoms with Gasteiger partial charge in [0.05, 0.1) is 17.8 Å². The van der Waals surface area contributed by atoms with Gasteiger partial charge in [-0.15, -0.1) is 0 Å². The molecule has 0 aliphatic carbocycles. The fourth-order valence-electron chi connectivity index (χ4n) is 1.30. The van der Waals surface area contributed by atoms with Crippen LogP contribution in [-0.4, -0.2) is 21.2 Å².